The lowest BCUT2D eigenvalue weighted by molar-refractivity contribution is -0.115. The third-order valence-corrected chi connectivity index (χ3v) is 6.93. The molecule has 166 valence electrons. The number of allylic oxidation sites excluding steroid dienone is 1. The van der Waals surface area contributed by atoms with Gasteiger partial charge in [-0.3, -0.25) is 4.79 Å². The molecule has 1 fully saturated rings. The van der Waals surface area contributed by atoms with Crippen LogP contribution >= 0.6 is 23.4 Å². The summed E-state index contributed by atoms with van der Waals surface area (Å²) in [7, 11) is 0. The lowest BCUT2D eigenvalue weighted by atomic mass is 9.86. The van der Waals surface area contributed by atoms with Crippen molar-refractivity contribution in [1.29, 1.82) is 0 Å². The van der Waals surface area contributed by atoms with Gasteiger partial charge in [0.05, 0.1) is 16.1 Å². The van der Waals surface area contributed by atoms with Crippen LogP contribution in [0.15, 0.2) is 52.4 Å². The number of thioether (sulfide) groups is 1. The highest BCUT2D eigenvalue weighted by molar-refractivity contribution is 8.18. The molecular formula is C26H28ClN3OS. The van der Waals surface area contributed by atoms with Crippen LogP contribution in [0.3, 0.4) is 0 Å². The van der Waals surface area contributed by atoms with Crippen LogP contribution in [-0.4, -0.2) is 23.2 Å². The van der Waals surface area contributed by atoms with Crippen LogP contribution in [-0.2, 0) is 4.79 Å². The van der Waals surface area contributed by atoms with E-state index in [9.17, 15) is 4.79 Å². The highest BCUT2D eigenvalue weighted by atomic mass is 35.5. The van der Waals surface area contributed by atoms with Gasteiger partial charge in [-0.1, -0.05) is 30.7 Å². The molecule has 0 saturated carbocycles. The number of carbonyl (C=O) groups excluding carboxylic acids is 1. The van der Waals surface area contributed by atoms with E-state index in [1.165, 1.54) is 28.6 Å². The molecule has 0 spiro atoms. The number of hydrogen-bond acceptors (Lipinski definition) is 4. The monoisotopic (exact) mass is 465 g/mol. The zero-order chi connectivity index (χ0) is 23.0. The maximum Gasteiger partial charge on any atom is 0.264 e. The van der Waals surface area contributed by atoms with Crippen molar-refractivity contribution in [2.24, 2.45) is 4.99 Å². The number of amidine groups is 1. The van der Waals surface area contributed by atoms with Crippen molar-refractivity contribution in [3.05, 3.63) is 69.1 Å². The Labute approximate surface area is 199 Å². The summed E-state index contributed by atoms with van der Waals surface area (Å²) < 4.78 is 0. The van der Waals surface area contributed by atoms with Crippen LogP contribution < -0.4 is 10.2 Å². The predicted octanol–water partition coefficient (Wildman–Crippen LogP) is 6.95. The fourth-order valence-electron chi connectivity index (χ4n) is 4.32. The molecule has 0 radical (unpaired) electrons. The predicted molar refractivity (Wildman–Crippen MR) is 139 cm³/mol. The standard InChI is InChI=1S/C26H28ClN3OS/c1-6-10-30-22-11-16(2)18(12-21(22)17(3)15-26(30,4)5)13-23-24(31)29-25(32-23)28-20-9-7-8-19(27)14-20/h7-9,11-15H,6,10H2,1-5H3,(H,28,29,31)/b23-13+. The summed E-state index contributed by atoms with van der Waals surface area (Å²) in [5, 5.41) is 4.04. The Kier molecular flexibility index (Phi) is 6.24. The molecule has 2 aromatic rings. The number of fused-ring (bicyclic) bond motifs is 1. The van der Waals surface area contributed by atoms with Gasteiger partial charge < -0.3 is 10.2 Å². The number of nitrogens with zero attached hydrogens (tertiary/aromatic N) is 2. The van der Waals surface area contributed by atoms with E-state index in [1.807, 2.05) is 18.2 Å². The summed E-state index contributed by atoms with van der Waals surface area (Å²) in [4.78, 5) is 20.2. The largest absolute Gasteiger partial charge is 0.362 e. The summed E-state index contributed by atoms with van der Waals surface area (Å²) in [5.74, 6) is -0.131. The number of hydrogen-bond donors (Lipinski definition) is 1. The van der Waals surface area contributed by atoms with Crippen LogP contribution in [0, 0.1) is 6.92 Å². The summed E-state index contributed by atoms with van der Waals surface area (Å²) in [6.45, 7) is 12.0. The lowest BCUT2D eigenvalue weighted by Crippen LogP contribution is -2.45. The molecular weight excluding hydrogens is 438 g/mol. The van der Waals surface area contributed by atoms with Crippen molar-refractivity contribution >= 4 is 57.5 Å². The molecule has 4 rings (SSSR count). The second-order valence-corrected chi connectivity index (χ2v) is 10.3. The molecule has 1 saturated heterocycles. The average Bonchev–Trinajstić information content (AvgIpc) is 3.04. The maximum absolute atomic E-state index is 12.6. The molecule has 2 aliphatic heterocycles. The highest BCUT2D eigenvalue weighted by Crippen LogP contribution is 2.41. The fourth-order valence-corrected chi connectivity index (χ4v) is 5.33. The number of halogens is 1. The quantitative estimate of drug-likeness (QED) is 0.496. The van der Waals surface area contributed by atoms with Gasteiger partial charge in [0.15, 0.2) is 5.17 Å². The Morgan fingerprint density at radius 1 is 1.22 bits per heavy atom. The van der Waals surface area contributed by atoms with E-state index in [1.54, 1.807) is 12.1 Å². The molecule has 2 heterocycles. The number of rotatable bonds is 4. The first-order valence-corrected chi connectivity index (χ1v) is 12.0. The first-order valence-electron chi connectivity index (χ1n) is 10.8. The number of carbonyl (C=O) groups is 1. The van der Waals surface area contributed by atoms with E-state index in [4.69, 9.17) is 11.6 Å². The molecule has 0 bridgehead atoms. The van der Waals surface area contributed by atoms with Crippen LogP contribution in [0.1, 0.15) is 50.8 Å². The van der Waals surface area contributed by atoms with Gasteiger partial charge in [0.25, 0.3) is 5.91 Å². The number of aryl methyl sites for hydroxylation is 1. The van der Waals surface area contributed by atoms with Gasteiger partial charge in [0.1, 0.15) is 0 Å². The number of nitrogens with one attached hydrogen (secondary N) is 1. The van der Waals surface area contributed by atoms with Crippen LogP contribution in [0.4, 0.5) is 11.4 Å². The second-order valence-electron chi connectivity index (χ2n) is 8.82. The molecule has 0 unspecified atom stereocenters. The van der Waals surface area contributed by atoms with E-state index in [2.05, 4.69) is 68.0 Å². The Morgan fingerprint density at radius 3 is 2.72 bits per heavy atom. The smallest absolute Gasteiger partial charge is 0.264 e. The van der Waals surface area contributed by atoms with Gasteiger partial charge in [-0.2, -0.15) is 0 Å². The van der Waals surface area contributed by atoms with E-state index < -0.39 is 0 Å². The van der Waals surface area contributed by atoms with Crippen molar-refractivity contribution in [3.63, 3.8) is 0 Å². The minimum Gasteiger partial charge on any atom is -0.362 e. The minimum absolute atomic E-state index is 0.0214. The molecule has 32 heavy (non-hydrogen) atoms. The first-order chi connectivity index (χ1) is 15.2. The summed E-state index contributed by atoms with van der Waals surface area (Å²) in [6, 6.07) is 11.7. The van der Waals surface area contributed by atoms with Crippen molar-refractivity contribution in [2.75, 3.05) is 11.4 Å². The molecule has 6 heteroatoms. The van der Waals surface area contributed by atoms with E-state index >= 15 is 0 Å². The summed E-state index contributed by atoms with van der Waals surface area (Å²) in [6.07, 6.45) is 5.39. The molecule has 0 aliphatic carbocycles. The number of anilines is 1. The number of benzene rings is 2. The second kappa shape index (κ2) is 8.80. The summed E-state index contributed by atoms with van der Waals surface area (Å²) in [5.41, 5.74) is 6.65. The Balaban J connectivity index is 1.68. The molecule has 0 atom stereocenters. The third kappa shape index (κ3) is 4.50. The number of amides is 1. The van der Waals surface area contributed by atoms with E-state index in [-0.39, 0.29) is 11.4 Å². The molecule has 2 aromatic carbocycles. The van der Waals surface area contributed by atoms with Crippen LogP contribution in [0.25, 0.3) is 11.6 Å². The topological polar surface area (TPSA) is 44.7 Å². The molecule has 1 N–H and O–H groups in total. The summed E-state index contributed by atoms with van der Waals surface area (Å²) >= 11 is 7.40. The molecule has 0 aromatic heterocycles. The van der Waals surface area contributed by atoms with E-state index in [0.717, 1.165) is 24.1 Å². The SMILES string of the molecule is CCCN1c2cc(C)c(/C=C3/SC(=Nc4cccc(Cl)c4)NC3=O)cc2C(C)=CC1(C)C. The highest BCUT2D eigenvalue weighted by Gasteiger charge is 2.31. The maximum atomic E-state index is 12.6. The van der Waals surface area contributed by atoms with Crippen molar-refractivity contribution in [3.8, 4) is 0 Å². The third-order valence-electron chi connectivity index (χ3n) is 5.79. The lowest BCUT2D eigenvalue weighted by Gasteiger charge is -2.43. The Bertz CT molecular complexity index is 1180. The Morgan fingerprint density at radius 2 is 2.00 bits per heavy atom. The van der Waals surface area contributed by atoms with Gasteiger partial charge >= 0.3 is 0 Å². The van der Waals surface area contributed by atoms with Crippen molar-refractivity contribution < 1.29 is 4.79 Å². The van der Waals surface area contributed by atoms with Gasteiger partial charge in [-0.05, 0) is 99.0 Å². The molecule has 4 nitrogen and oxygen atoms in total. The minimum atomic E-state index is -0.131. The number of aliphatic imine (C=N–C) groups is 1. The zero-order valence-electron chi connectivity index (χ0n) is 19.1. The van der Waals surface area contributed by atoms with Crippen LogP contribution in [0.5, 0.6) is 0 Å². The normalized spacial score (nSPS) is 19.9. The fraction of sp³-hybridized carbons (Fsp3) is 0.308. The zero-order valence-corrected chi connectivity index (χ0v) is 20.7. The van der Waals surface area contributed by atoms with Gasteiger partial charge in [0, 0.05) is 22.8 Å². The first kappa shape index (κ1) is 22.7. The van der Waals surface area contributed by atoms with Gasteiger partial charge in [0.2, 0.25) is 0 Å². The van der Waals surface area contributed by atoms with Crippen LogP contribution in [0.2, 0.25) is 5.02 Å². The van der Waals surface area contributed by atoms with Gasteiger partial charge in [-0.25, -0.2) is 4.99 Å². The average molecular weight is 466 g/mol. The Hall–Kier alpha value is -2.50. The molecule has 1 amide bonds. The van der Waals surface area contributed by atoms with Crippen molar-refractivity contribution in [1.82, 2.24) is 5.32 Å². The van der Waals surface area contributed by atoms with E-state index in [0.29, 0.717) is 20.8 Å². The van der Waals surface area contributed by atoms with Gasteiger partial charge in [-0.15, -0.1) is 0 Å². The van der Waals surface area contributed by atoms with Crippen molar-refractivity contribution in [2.45, 2.75) is 46.6 Å². The molecule has 2 aliphatic rings.